The highest BCUT2D eigenvalue weighted by Gasteiger charge is 2.16. The van der Waals surface area contributed by atoms with Crippen molar-refractivity contribution < 1.29 is 15.0 Å². The van der Waals surface area contributed by atoms with Crippen molar-refractivity contribution >= 4 is 24.1 Å². The summed E-state index contributed by atoms with van der Waals surface area (Å²) in [6, 6.07) is 16.7. The van der Waals surface area contributed by atoms with E-state index in [-0.39, 0.29) is 24.1 Å². The average Bonchev–Trinajstić information content (AvgIpc) is 2.63. The Labute approximate surface area is 160 Å². The predicted octanol–water partition coefficient (Wildman–Crippen LogP) is 3.07. The van der Waals surface area contributed by atoms with Gasteiger partial charge in [0, 0.05) is 25.3 Å². The zero-order chi connectivity index (χ0) is 18.1. The molecule has 0 aliphatic carbocycles. The zero-order valence-electron chi connectivity index (χ0n) is 14.8. The Hall–Kier alpha value is -2.08. The van der Waals surface area contributed by atoms with Gasteiger partial charge in [-0.1, -0.05) is 30.3 Å². The predicted molar refractivity (Wildman–Crippen MR) is 107 cm³/mol. The van der Waals surface area contributed by atoms with Crippen LogP contribution in [0.15, 0.2) is 54.6 Å². The van der Waals surface area contributed by atoms with Crippen LogP contribution in [0.2, 0.25) is 0 Å². The number of aliphatic hydroxyl groups excluding tert-OH is 1. The fourth-order valence-corrected chi connectivity index (χ4v) is 2.70. The third-order valence-corrected chi connectivity index (χ3v) is 4.27. The molecule has 0 spiro atoms. The SMILES string of the molecule is Cl.Nc1ccc(C(=O)O)cc1.OC1CCN(CCc2ccccc2)CC1. The Balaban J connectivity index is 0.000000270. The molecule has 1 saturated heterocycles. The summed E-state index contributed by atoms with van der Waals surface area (Å²) in [5, 5.41) is 17.8. The van der Waals surface area contributed by atoms with E-state index in [2.05, 4.69) is 35.2 Å². The van der Waals surface area contributed by atoms with E-state index in [1.54, 1.807) is 12.1 Å². The maximum Gasteiger partial charge on any atom is 0.335 e. The topological polar surface area (TPSA) is 86.8 Å². The van der Waals surface area contributed by atoms with Gasteiger partial charge >= 0.3 is 5.97 Å². The number of nitrogen functional groups attached to an aromatic ring is 1. The van der Waals surface area contributed by atoms with E-state index >= 15 is 0 Å². The van der Waals surface area contributed by atoms with Crippen molar-refractivity contribution in [1.82, 2.24) is 4.90 Å². The molecule has 1 fully saturated rings. The summed E-state index contributed by atoms with van der Waals surface area (Å²) in [4.78, 5) is 12.7. The second-order valence-electron chi connectivity index (χ2n) is 6.24. The number of piperidine rings is 1. The molecule has 4 N–H and O–H groups in total. The van der Waals surface area contributed by atoms with Crippen LogP contribution in [0.5, 0.6) is 0 Å². The number of aromatic carboxylic acids is 1. The third-order valence-electron chi connectivity index (χ3n) is 4.27. The molecule has 26 heavy (non-hydrogen) atoms. The molecule has 142 valence electrons. The standard InChI is InChI=1S/C13H19NO.C7H7NO2.ClH/c15-13-7-10-14(11-8-13)9-6-12-4-2-1-3-5-12;8-6-3-1-5(2-4-6)7(9)10;/h1-5,13,15H,6-11H2;1-4H,8H2,(H,9,10);1H. The number of benzene rings is 2. The number of carbonyl (C=O) groups is 1. The van der Waals surface area contributed by atoms with Crippen LogP contribution < -0.4 is 5.73 Å². The van der Waals surface area contributed by atoms with Gasteiger partial charge < -0.3 is 20.8 Å². The molecule has 0 radical (unpaired) electrons. The molecule has 1 heterocycles. The van der Waals surface area contributed by atoms with Gasteiger partial charge in [0.2, 0.25) is 0 Å². The molecule has 3 rings (SSSR count). The molecular formula is C20H27ClN2O3. The summed E-state index contributed by atoms with van der Waals surface area (Å²) in [5.74, 6) is -0.931. The van der Waals surface area contributed by atoms with Crippen LogP contribution >= 0.6 is 12.4 Å². The Bertz CT molecular complexity index is 642. The fraction of sp³-hybridized carbons (Fsp3) is 0.350. The van der Waals surface area contributed by atoms with Crippen LogP contribution in [0, 0.1) is 0 Å². The van der Waals surface area contributed by atoms with Crippen molar-refractivity contribution in [3.05, 3.63) is 65.7 Å². The minimum Gasteiger partial charge on any atom is -0.478 e. The molecule has 0 amide bonds. The van der Waals surface area contributed by atoms with Gasteiger partial charge in [-0.15, -0.1) is 12.4 Å². The number of anilines is 1. The first-order valence-corrected chi connectivity index (χ1v) is 8.58. The molecule has 6 heteroatoms. The van der Waals surface area contributed by atoms with Gasteiger partial charge in [0.1, 0.15) is 0 Å². The number of hydrogen-bond donors (Lipinski definition) is 3. The fourth-order valence-electron chi connectivity index (χ4n) is 2.70. The van der Waals surface area contributed by atoms with E-state index < -0.39 is 5.97 Å². The van der Waals surface area contributed by atoms with E-state index in [0.717, 1.165) is 38.9 Å². The number of nitrogens with zero attached hydrogens (tertiary/aromatic N) is 1. The monoisotopic (exact) mass is 378 g/mol. The van der Waals surface area contributed by atoms with Crippen molar-refractivity contribution in [3.63, 3.8) is 0 Å². The molecule has 0 atom stereocenters. The molecule has 0 bridgehead atoms. The van der Waals surface area contributed by atoms with Gasteiger partial charge in [-0.3, -0.25) is 0 Å². The molecule has 5 nitrogen and oxygen atoms in total. The molecule has 0 aromatic heterocycles. The second-order valence-corrected chi connectivity index (χ2v) is 6.24. The van der Waals surface area contributed by atoms with Crippen LogP contribution in [0.25, 0.3) is 0 Å². The number of aliphatic hydroxyl groups is 1. The normalized spacial score (nSPS) is 14.7. The molecule has 1 aliphatic heterocycles. The molecule has 2 aromatic rings. The third kappa shape index (κ3) is 7.87. The first kappa shape index (κ1) is 22.0. The lowest BCUT2D eigenvalue weighted by Crippen LogP contribution is -2.36. The molecule has 2 aromatic carbocycles. The number of rotatable bonds is 4. The lowest BCUT2D eigenvalue weighted by atomic mass is 10.1. The van der Waals surface area contributed by atoms with E-state index in [4.69, 9.17) is 10.8 Å². The molecule has 0 unspecified atom stereocenters. The maximum absolute atomic E-state index is 10.3. The van der Waals surface area contributed by atoms with Crippen molar-refractivity contribution in [3.8, 4) is 0 Å². The number of likely N-dealkylation sites (tertiary alicyclic amines) is 1. The Morgan fingerprint density at radius 2 is 1.62 bits per heavy atom. The number of carboxylic acid groups (broad SMARTS) is 1. The highest BCUT2D eigenvalue weighted by atomic mass is 35.5. The van der Waals surface area contributed by atoms with Crippen molar-refractivity contribution in [2.45, 2.75) is 25.4 Å². The van der Waals surface area contributed by atoms with E-state index in [9.17, 15) is 9.90 Å². The molecule has 0 saturated carbocycles. The van der Waals surface area contributed by atoms with Crippen LogP contribution in [0.1, 0.15) is 28.8 Å². The molecular weight excluding hydrogens is 352 g/mol. The smallest absolute Gasteiger partial charge is 0.335 e. The summed E-state index contributed by atoms with van der Waals surface area (Å²) in [6.45, 7) is 3.22. The minimum absolute atomic E-state index is 0. The summed E-state index contributed by atoms with van der Waals surface area (Å²) < 4.78 is 0. The summed E-state index contributed by atoms with van der Waals surface area (Å²) in [6.07, 6.45) is 2.94. The van der Waals surface area contributed by atoms with Crippen LogP contribution in [0.4, 0.5) is 5.69 Å². The Kier molecular flexibility index (Phi) is 9.73. The van der Waals surface area contributed by atoms with Crippen molar-refractivity contribution in [2.24, 2.45) is 0 Å². The summed E-state index contributed by atoms with van der Waals surface area (Å²) in [5.41, 5.74) is 7.57. The maximum atomic E-state index is 10.3. The number of carboxylic acids is 1. The number of hydrogen-bond acceptors (Lipinski definition) is 4. The van der Waals surface area contributed by atoms with Gasteiger partial charge in [-0.25, -0.2) is 4.79 Å². The van der Waals surface area contributed by atoms with E-state index in [1.165, 1.54) is 17.7 Å². The molecule has 1 aliphatic rings. The van der Waals surface area contributed by atoms with Gasteiger partial charge in [0.15, 0.2) is 0 Å². The first-order chi connectivity index (χ1) is 12.0. The Morgan fingerprint density at radius 1 is 1.04 bits per heavy atom. The highest BCUT2D eigenvalue weighted by Crippen LogP contribution is 2.10. The van der Waals surface area contributed by atoms with Gasteiger partial charge in [-0.2, -0.15) is 0 Å². The van der Waals surface area contributed by atoms with Crippen molar-refractivity contribution in [2.75, 3.05) is 25.4 Å². The van der Waals surface area contributed by atoms with Crippen LogP contribution in [0.3, 0.4) is 0 Å². The highest BCUT2D eigenvalue weighted by molar-refractivity contribution is 5.87. The lowest BCUT2D eigenvalue weighted by Gasteiger charge is -2.29. The largest absolute Gasteiger partial charge is 0.478 e. The van der Waals surface area contributed by atoms with Crippen LogP contribution in [-0.2, 0) is 6.42 Å². The Morgan fingerprint density at radius 3 is 2.15 bits per heavy atom. The van der Waals surface area contributed by atoms with Crippen molar-refractivity contribution in [1.29, 1.82) is 0 Å². The van der Waals surface area contributed by atoms with Crippen LogP contribution in [-0.4, -0.2) is 46.8 Å². The number of nitrogens with two attached hydrogens (primary N) is 1. The first-order valence-electron chi connectivity index (χ1n) is 8.58. The van der Waals surface area contributed by atoms with Gasteiger partial charge in [0.05, 0.1) is 11.7 Å². The summed E-state index contributed by atoms with van der Waals surface area (Å²) >= 11 is 0. The summed E-state index contributed by atoms with van der Waals surface area (Å²) in [7, 11) is 0. The quantitative estimate of drug-likeness (QED) is 0.712. The van der Waals surface area contributed by atoms with Gasteiger partial charge in [-0.05, 0) is 49.1 Å². The number of halogens is 1. The second kappa shape index (κ2) is 11.5. The lowest BCUT2D eigenvalue weighted by molar-refractivity contribution is 0.0696. The van der Waals surface area contributed by atoms with E-state index in [1.807, 2.05) is 0 Å². The minimum atomic E-state index is -0.931. The van der Waals surface area contributed by atoms with Gasteiger partial charge in [0.25, 0.3) is 0 Å². The zero-order valence-corrected chi connectivity index (χ0v) is 15.6. The van der Waals surface area contributed by atoms with E-state index in [0.29, 0.717) is 5.69 Å². The average molecular weight is 379 g/mol.